The van der Waals surface area contributed by atoms with Gasteiger partial charge in [-0.05, 0) is 24.6 Å². The van der Waals surface area contributed by atoms with E-state index in [1.54, 1.807) is 6.92 Å². The summed E-state index contributed by atoms with van der Waals surface area (Å²) < 4.78 is 24.7. The van der Waals surface area contributed by atoms with Crippen LogP contribution in [0.4, 0.5) is 4.39 Å². The Morgan fingerprint density at radius 3 is 2.69 bits per heavy atom. The minimum absolute atomic E-state index is 0.161. The van der Waals surface area contributed by atoms with Crippen LogP contribution in [-0.4, -0.2) is 20.5 Å². The van der Waals surface area contributed by atoms with E-state index < -0.39 is 27.8 Å². The number of carbonyl (C=O) groups is 1. The van der Waals surface area contributed by atoms with Crippen LogP contribution in [-0.2, 0) is 15.6 Å². The van der Waals surface area contributed by atoms with Crippen LogP contribution in [0.3, 0.4) is 0 Å². The highest BCUT2D eigenvalue weighted by Gasteiger charge is 2.24. The Morgan fingerprint density at radius 2 is 2.25 bits per heavy atom. The smallest absolute Gasteiger partial charge is 0.319 e. The van der Waals surface area contributed by atoms with Crippen molar-refractivity contribution in [1.82, 2.24) is 0 Å². The standard InChI is InChI=1S/C10H10ClFO3S/c1-2-9(10(13)14)16(15)6-3-4-8(12)7(11)5-6/h3-5,9H,2H2,1H3,(H,13,14). The van der Waals surface area contributed by atoms with E-state index in [9.17, 15) is 13.4 Å². The van der Waals surface area contributed by atoms with Gasteiger partial charge in [-0.2, -0.15) is 0 Å². The van der Waals surface area contributed by atoms with Crippen molar-refractivity contribution in [2.75, 3.05) is 0 Å². The molecule has 0 bridgehead atoms. The van der Waals surface area contributed by atoms with Crippen LogP contribution in [0.15, 0.2) is 23.1 Å². The molecule has 0 amide bonds. The average molecular weight is 265 g/mol. The van der Waals surface area contributed by atoms with E-state index in [4.69, 9.17) is 16.7 Å². The van der Waals surface area contributed by atoms with E-state index in [2.05, 4.69) is 0 Å². The second-order valence-corrected chi connectivity index (χ2v) is 5.15. The molecule has 0 aliphatic carbocycles. The third-order valence-electron chi connectivity index (χ3n) is 2.03. The molecule has 16 heavy (non-hydrogen) atoms. The summed E-state index contributed by atoms with van der Waals surface area (Å²) in [4.78, 5) is 11.0. The lowest BCUT2D eigenvalue weighted by Crippen LogP contribution is -2.24. The summed E-state index contributed by atoms with van der Waals surface area (Å²) in [6.45, 7) is 1.63. The summed E-state index contributed by atoms with van der Waals surface area (Å²) in [6.07, 6.45) is 0.233. The molecule has 1 N–H and O–H groups in total. The Kier molecular flexibility index (Phi) is 4.44. The van der Waals surface area contributed by atoms with Crippen LogP contribution in [0, 0.1) is 5.82 Å². The lowest BCUT2D eigenvalue weighted by Gasteiger charge is -2.09. The molecular formula is C10H10ClFO3S. The van der Waals surface area contributed by atoms with Gasteiger partial charge in [-0.25, -0.2) is 4.39 Å². The second-order valence-electron chi connectivity index (χ2n) is 3.11. The van der Waals surface area contributed by atoms with E-state index in [1.807, 2.05) is 0 Å². The molecule has 0 saturated heterocycles. The van der Waals surface area contributed by atoms with Crippen molar-refractivity contribution in [1.29, 1.82) is 0 Å². The highest BCUT2D eigenvalue weighted by Crippen LogP contribution is 2.21. The molecule has 0 aliphatic heterocycles. The number of halogens is 2. The first-order chi connectivity index (χ1) is 7.47. The first kappa shape index (κ1) is 13.1. The fraction of sp³-hybridized carbons (Fsp3) is 0.300. The highest BCUT2D eigenvalue weighted by atomic mass is 35.5. The summed E-state index contributed by atoms with van der Waals surface area (Å²) >= 11 is 5.53. The largest absolute Gasteiger partial charge is 0.480 e. The van der Waals surface area contributed by atoms with Crippen LogP contribution in [0.25, 0.3) is 0 Å². The van der Waals surface area contributed by atoms with E-state index >= 15 is 0 Å². The number of hydrogen-bond donors (Lipinski definition) is 1. The fourth-order valence-electron chi connectivity index (χ4n) is 1.18. The van der Waals surface area contributed by atoms with E-state index in [0.29, 0.717) is 0 Å². The minimum Gasteiger partial charge on any atom is -0.480 e. The van der Waals surface area contributed by atoms with Crippen molar-refractivity contribution in [3.05, 3.63) is 29.0 Å². The van der Waals surface area contributed by atoms with Gasteiger partial charge in [0, 0.05) is 4.90 Å². The molecule has 6 heteroatoms. The summed E-state index contributed by atoms with van der Waals surface area (Å²) in [5.74, 6) is -1.76. The van der Waals surface area contributed by atoms with Gasteiger partial charge in [0.25, 0.3) is 0 Å². The second kappa shape index (κ2) is 5.41. The zero-order chi connectivity index (χ0) is 12.3. The molecule has 0 fully saturated rings. The quantitative estimate of drug-likeness (QED) is 0.909. The van der Waals surface area contributed by atoms with Gasteiger partial charge in [-0.15, -0.1) is 0 Å². The molecule has 1 aromatic carbocycles. The van der Waals surface area contributed by atoms with Crippen LogP contribution >= 0.6 is 11.6 Å². The van der Waals surface area contributed by atoms with Gasteiger partial charge >= 0.3 is 5.97 Å². The van der Waals surface area contributed by atoms with Crippen LogP contribution < -0.4 is 0 Å². The maximum Gasteiger partial charge on any atom is 0.319 e. The zero-order valence-corrected chi connectivity index (χ0v) is 10.0. The molecule has 0 aliphatic rings. The zero-order valence-electron chi connectivity index (χ0n) is 8.44. The van der Waals surface area contributed by atoms with Crippen LogP contribution in [0.1, 0.15) is 13.3 Å². The Balaban J connectivity index is 3.04. The summed E-state index contributed by atoms with van der Waals surface area (Å²) in [5.41, 5.74) is 0. The first-order valence-corrected chi connectivity index (χ1v) is 6.15. The molecule has 0 aromatic heterocycles. The molecule has 3 nitrogen and oxygen atoms in total. The molecule has 1 rings (SSSR count). The van der Waals surface area contributed by atoms with Gasteiger partial charge in [0.1, 0.15) is 11.1 Å². The number of aliphatic carboxylic acids is 1. The van der Waals surface area contributed by atoms with Gasteiger partial charge in [0.15, 0.2) is 0 Å². The molecular weight excluding hydrogens is 255 g/mol. The summed E-state index contributed by atoms with van der Waals surface area (Å²) in [6, 6.07) is 3.55. The monoisotopic (exact) mass is 264 g/mol. The van der Waals surface area contributed by atoms with Crippen molar-refractivity contribution < 1.29 is 18.5 Å². The van der Waals surface area contributed by atoms with Gasteiger partial charge in [-0.3, -0.25) is 9.00 Å². The van der Waals surface area contributed by atoms with E-state index in [-0.39, 0.29) is 16.3 Å². The van der Waals surface area contributed by atoms with E-state index in [1.165, 1.54) is 12.1 Å². The van der Waals surface area contributed by atoms with Gasteiger partial charge in [0.2, 0.25) is 0 Å². The molecule has 0 heterocycles. The summed E-state index contributed by atoms with van der Waals surface area (Å²) in [5, 5.41) is 7.67. The Bertz CT molecular complexity index is 436. The first-order valence-electron chi connectivity index (χ1n) is 4.55. The predicted octanol–water partition coefficient (Wildman–Crippen LogP) is 2.45. The van der Waals surface area contributed by atoms with E-state index in [0.717, 1.165) is 6.07 Å². The maximum absolute atomic E-state index is 12.9. The normalized spacial score (nSPS) is 14.4. The van der Waals surface area contributed by atoms with Gasteiger partial charge < -0.3 is 5.11 Å². The number of hydrogen-bond acceptors (Lipinski definition) is 2. The van der Waals surface area contributed by atoms with Crippen LogP contribution in [0.5, 0.6) is 0 Å². The average Bonchev–Trinajstić information content (AvgIpc) is 2.22. The maximum atomic E-state index is 12.9. The lowest BCUT2D eigenvalue weighted by molar-refractivity contribution is -0.136. The molecule has 1 aromatic rings. The Labute approximate surface area is 99.7 Å². The fourth-order valence-corrected chi connectivity index (χ4v) is 2.68. The SMILES string of the molecule is CCC(C(=O)O)S(=O)c1ccc(F)c(Cl)c1. The third-order valence-corrected chi connectivity index (χ3v) is 4.09. The predicted molar refractivity (Wildman–Crippen MR) is 59.5 cm³/mol. The Hall–Kier alpha value is -0.940. The van der Waals surface area contributed by atoms with Gasteiger partial charge in [0.05, 0.1) is 15.8 Å². The molecule has 2 unspecified atom stereocenters. The van der Waals surface area contributed by atoms with Gasteiger partial charge in [-0.1, -0.05) is 18.5 Å². The molecule has 0 radical (unpaired) electrons. The van der Waals surface area contributed by atoms with Crippen LogP contribution in [0.2, 0.25) is 5.02 Å². The number of benzene rings is 1. The Morgan fingerprint density at radius 1 is 1.62 bits per heavy atom. The minimum atomic E-state index is -1.72. The van der Waals surface area contributed by atoms with Crippen molar-refractivity contribution >= 4 is 28.4 Å². The molecule has 0 spiro atoms. The van der Waals surface area contributed by atoms with Crippen molar-refractivity contribution in [3.63, 3.8) is 0 Å². The number of carboxylic acid groups (broad SMARTS) is 1. The van der Waals surface area contributed by atoms with Crippen molar-refractivity contribution in [2.45, 2.75) is 23.5 Å². The molecule has 0 saturated carbocycles. The van der Waals surface area contributed by atoms with Crippen molar-refractivity contribution in [2.24, 2.45) is 0 Å². The lowest BCUT2D eigenvalue weighted by atomic mass is 10.3. The highest BCUT2D eigenvalue weighted by molar-refractivity contribution is 7.86. The number of carboxylic acids is 1. The summed E-state index contributed by atoms with van der Waals surface area (Å²) in [7, 11) is -1.72. The number of rotatable bonds is 4. The molecule has 2 atom stereocenters. The third kappa shape index (κ3) is 2.80. The topological polar surface area (TPSA) is 54.4 Å². The molecule has 88 valence electrons. The van der Waals surface area contributed by atoms with Crippen molar-refractivity contribution in [3.8, 4) is 0 Å².